The highest BCUT2D eigenvalue weighted by Gasteiger charge is 2.27. The Morgan fingerprint density at radius 2 is 1.81 bits per heavy atom. The van der Waals surface area contributed by atoms with Gasteiger partial charge in [0, 0.05) is 5.69 Å². The number of aromatic nitrogens is 4. The van der Waals surface area contributed by atoms with Gasteiger partial charge in [0.05, 0.1) is 15.1 Å². The number of nitrogens with zero attached hydrogens (tertiary/aromatic N) is 4. The molecule has 0 aliphatic rings. The Morgan fingerprint density at radius 1 is 1.03 bits per heavy atom. The average molecular weight is 454 g/mol. The van der Waals surface area contributed by atoms with E-state index >= 15 is 0 Å². The quantitative estimate of drug-likeness (QED) is 0.425. The monoisotopic (exact) mass is 453 g/mol. The molecule has 0 amide bonds. The van der Waals surface area contributed by atoms with Gasteiger partial charge >= 0.3 is 0 Å². The summed E-state index contributed by atoms with van der Waals surface area (Å²) in [4.78, 5) is 4.69. The predicted molar refractivity (Wildman–Crippen MR) is 117 cm³/mol. The molecule has 0 bridgehead atoms. The fourth-order valence-electron chi connectivity index (χ4n) is 3.24. The van der Waals surface area contributed by atoms with Gasteiger partial charge in [-0.2, -0.15) is 4.52 Å². The molecule has 0 fully saturated rings. The number of rotatable bonds is 4. The van der Waals surface area contributed by atoms with E-state index in [1.54, 1.807) is 30.3 Å². The lowest BCUT2D eigenvalue weighted by atomic mass is 10.1. The first-order valence-electron chi connectivity index (χ1n) is 9.32. The van der Waals surface area contributed by atoms with Crippen molar-refractivity contribution in [3.63, 3.8) is 0 Å². The third kappa shape index (κ3) is 3.24. The zero-order valence-electron chi connectivity index (χ0n) is 16.5. The van der Waals surface area contributed by atoms with Crippen molar-refractivity contribution in [2.45, 2.75) is 23.8 Å². The first-order valence-corrected chi connectivity index (χ1v) is 11.7. The second kappa shape index (κ2) is 7.10. The maximum absolute atomic E-state index is 13.3. The van der Waals surface area contributed by atoms with Gasteiger partial charge in [-0.3, -0.25) is 0 Å². The molecule has 0 saturated carbocycles. The first kappa shape index (κ1) is 19.6. The molecule has 5 rings (SSSR count). The summed E-state index contributed by atoms with van der Waals surface area (Å²) in [6.07, 6.45) is 0. The number of halogens is 1. The van der Waals surface area contributed by atoms with E-state index in [9.17, 15) is 12.8 Å². The van der Waals surface area contributed by atoms with E-state index in [2.05, 4.69) is 20.6 Å². The normalized spacial score (nSPS) is 12.0. The third-order valence-electron chi connectivity index (χ3n) is 5.07. The number of fused-ring (bicyclic) bond motifs is 3. The summed E-state index contributed by atoms with van der Waals surface area (Å²) in [7, 11) is -3.94. The molecule has 10 heteroatoms. The van der Waals surface area contributed by atoms with Gasteiger partial charge < -0.3 is 5.32 Å². The Morgan fingerprint density at radius 3 is 2.55 bits per heavy atom. The minimum absolute atomic E-state index is 0.119. The van der Waals surface area contributed by atoms with Crippen molar-refractivity contribution in [3.8, 4) is 0 Å². The number of sulfone groups is 1. The van der Waals surface area contributed by atoms with Crippen molar-refractivity contribution in [2.24, 2.45) is 0 Å². The van der Waals surface area contributed by atoms with Gasteiger partial charge in [-0.15, -0.1) is 16.4 Å². The number of nitrogens with one attached hydrogen (secondary N) is 1. The van der Waals surface area contributed by atoms with Crippen LogP contribution in [-0.2, 0) is 9.84 Å². The molecule has 7 nitrogen and oxygen atoms in total. The van der Waals surface area contributed by atoms with Crippen molar-refractivity contribution >= 4 is 48.5 Å². The van der Waals surface area contributed by atoms with Crippen molar-refractivity contribution in [2.75, 3.05) is 5.32 Å². The summed E-state index contributed by atoms with van der Waals surface area (Å²) in [6, 6.07) is 12.6. The van der Waals surface area contributed by atoms with Crippen LogP contribution < -0.4 is 5.32 Å². The Hall–Kier alpha value is -3.37. The average Bonchev–Trinajstić information content (AvgIpc) is 3.39. The van der Waals surface area contributed by atoms with Crippen molar-refractivity contribution in [1.82, 2.24) is 19.8 Å². The number of hydrogen-bond donors (Lipinski definition) is 1. The van der Waals surface area contributed by atoms with E-state index in [1.807, 2.05) is 25.3 Å². The Labute approximate surface area is 181 Å². The molecule has 0 aliphatic carbocycles. The van der Waals surface area contributed by atoms with E-state index < -0.39 is 9.84 Å². The third-order valence-corrected chi connectivity index (χ3v) is 7.63. The van der Waals surface area contributed by atoms with Gasteiger partial charge in [-0.25, -0.2) is 17.8 Å². The van der Waals surface area contributed by atoms with Gasteiger partial charge in [-0.05, 0) is 72.8 Å². The second-order valence-electron chi connectivity index (χ2n) is 7.11. The molecular formula is C21H16FN5O2S2. The van der Waals surface area contributed by atoms with Crippen LogP contribution in [-0.4, -0.2) is 28.2 Å². The molecule has 156 valence electrons. The summed E-state index contributed by atoms with van der Waals surface area (Å²) in [5, 5.41) is 12.8. The van der Waals surface area contributed by atoms with E-state index in [1.165, 1.54) is 28.0 Å². The molecule has 0 unspecified atom stereocenters. The minimum atomic E-state index is -3.94. The van der Waals surface area contributed by atoms with Gasteiger partial charge in [0.1, 0.15) is 5.82 Å². The highest BCUT2D eigenvalue weighted by Crippen LogP contribution is 2.33. The van der Waals surface area contributed by atoms with Gasteiger partial charge in [0.25, 0.3) is 0 Å². The van der Waals surface area contributed by atoms with Crippen LogP contribution in [0.5, 0.6) is 0 Å². The lowest BCUT2D eigenvalue weighted by Crippen LogP contribution is -2.06. The Bertz CT molecular complexity index is 1560. The smallest absolute Gasteiger partial charge is 0.229 e. The lowest BCUT2D eigenvalue weighted by molar-refractivity contribution is 0.592. The van der Waals surface area contributed by atoms with Crippen LogP contribution in [0.15, 0.2) is 63.8 Å². The fraction of sp³-hybridized carbons (Fsp3) is 0.0952. The van der Waals surface area contributed by atoms with E-state index in [0.29, 0.717) is 17.0 Å². The van der Waals surface area contributed by atoms with E-state index in [0.717, 1.165) is 15.8 Å². The number of benzene rings is 2. The summed E-state index contributed by atoms with van der Waals surface area (Å²) in [6.45, 7) is 3.78. The van der Waals surface area contributed by atoms with Crippen LogP contribution in [0, 0.1) is 19.7 Å². The Balaban J connectivity index is 1.70. The molecular weight excluding hydrogens is 437 g/mol. The molecule has 2 aromatic carbocycles. The van der Waals surface area contributed by atoms with Gasteiger partial charge in [0.15, 0.2) is 11.5 Å². The van der Waals surface area contributed by atoms with Crippen LogP contribution >= 0.6 is 11.3 Å². The highest BCUT2D eigenvalue weighted by molar-refractivity contribution is 7.91. The van der Waals surface area contributed by atoms with Crippen molar-refractivity contribution < 1.29 is 12.8 Å². The van der Waals surface area contributed by atoms with Gasteiger partial charge in [0.2, 0.25) is 14.9 Å². The summed E-state index contributed by atoms with van der Waals surface area (Å²) < 4.78 is 42.1. The topological polar surface area (TPSA) is 89.2 Å². The molecule has 5 aromatic rings. The molecule has 1 N–H and O–H groups in total. The predicted octanol–water partition coefficient (Wildman–Crippen LogP) is 4.67. The van der Waals surface area contributed by atoms with Crippen molar-refractivity contribution in [1.29, 1.82) is 0 Å². The van der Waals surface area contributed by atoms with Crippen LogP contribution in [0.1, 0.15) is 11.1 Å². The lowest BCUT2D eigenvalue weighted by Gasteiger charge is -2.09. The van der Waals surface area contributed by atoms with Gasteiger partial charge in [-0.1, -0.05) is 11.3 Å². The molecule has 0 saturated heterocycles. The molecule has 0 spiro atoms. The zero-order valence-corrected chi connectivity index (χ0v) is 18.1. The van der Waals surface area contributed by atoms with Crippen molar-refractivity contribution in [3.05, 3.63) is 70.9 Å². The first-order chi connectivity index (χ1) is 14.8. The molecule has 0 radical (unpaired) electrons. The SMILES string of the molecule is Cc1ccc(S(=O)(=O)c2nnn3c2nc(Nc2ccc(F)cc2)c2sccc23)cc1C. The molecule has 0 atom stereocenters. The second-order valence-corrected chi connectivity index (χ2v) is 9.89. The summed E-state index contributed by atoms with van der Waals surface area (Å²) in [5.74, 6) is 0.0972. The standard InChI is InChI=1S/C21H16FN5O2S2/c1-12-3-8-16(11-13(12)2)31(28,29)21-20-24-19(23-15-6-4-14(22)5-7-15)18-17(9-10-30-18)27(20)26-25-21/h3-11H,1-2H3,(H,23,24). The maximum atomic E-state index is 13.3. The number of anilines is 2. The Kier molecular flexibility index (Phi) is 4.49. The molecule has 3 aromatic heterocycles. The summed E-state index contributed by atoms with van der Waals surface area (Å²) >= 11 is 1.43. The van der Waals surface area contributed by atoms with Crippen LogP contribution in [0.4, 0.5) is 15.9 Å². The van der Waals surface area contributed by atoms with Crippen LogP contribution in [0.2, 0.25) is 0 Å². The molecule has 3 heterocycles. The highest BCUT2D eigenvalue weighted by atomic mass is 32.2. The van der Waals surface area contributed by atoms with E-state index in [-0.39, 0.29) is 21.4 Å². The fourth-order valence-corrected chi connectivity index (χ4v) is 5.38. The number of thiophene rings is 1. The number of hydrogen-bond acceptors (Lipinski definition) is 7. The summed E-state index contributed by atoms with van der Waals surface area (Å²) in [5.41, 5.74) is 3.28. The van der Waals surface area contributed by atoms with Crippen LogP contribution in [0.3, 0.4) is 0 Å². The maximum Gasteiger partial charge on any atom is 0.229 e. The molecule has 31 heavy (non-hydrogen) atoms. The van der Waals surface area contributed by atoms with E-state index in [4.69, 9.17) is 0 Å². The minimum Gasteiger partial charge on any atom is -0.339 e. The zero-order chi connectivity index (χ0) is 21.8. The number of aryl methyl sites for hydroxylation is 2. The van der Waals surface area contributed by atoms with Crippen LogP contribution in [0.25, 0.3) is 15.9 Å². The molecule has 0 aliphatic heterocycles. The largest absolute Gasteiger partial charge is 0.339 e.